The van der Waals surface area contributed by atoms with Crippen LogP contribution in [0.1, 0.15) is 39.2 Å². The van der Waals surface area contributed by atoms with Gasteiger partial charge in [-0.25, -0.2) is 9.59 Å². The molecule has 1 aromatic carbocycles. The molecule has 0 saturated heterocycles. The Morgan fingerprint density at radius 2 is 1.55 bits per heavy atom. The van der Waals surface area contributed by atoms with E-state index in [1.165, 1.54) is 18.2 Å². The number of carbonyl (C=O) groups excluding carboxylic acids is 2. The lowest BCUT2D eigenvalue weighted by atomic mass is 9.89. The lowest BCUT2D eigenvalue weighted by Gasteiger charge is -2.35. The smallest absolute Gasteiger partial charge is 0.434 e. The van der Waals surface area contributed by atoms with Crippen molar-refractivity contribution in [3.05, 3.63) is 61.8 Å². The van der Waals surface area contributed by atoms with Gasteiger partial charge in [-0.1, -0.05) is 17.7 Å². The predicted octanol–water partition coefficient (Wildman–Crippen LogP) is 5.09. The Kier molecular flexibility index (Phi) is 7.87. The summed E-state index contributed by atoms with van der Waals surface area (Å²) in [6.07, 6.45) is -1.89. The highest BCUT2D eigenvalue weighted by Crippen LogP contribution is 2.44. The minimum Gasteiger partial charge on any atom is -0.434 e. The van der Waals surface area contributed by atoms with Gasteiger partial charge in [-0.05, 0) is 39.3 Å². The Hall–Kier alpha value is -3.27. The molecule has 1 aliphatic heterocycles. The zero-order valence-corrected chi connectivity index (χ0v) is 18.5. The molecule has 168 valence electrons. The first-order chi connectivity index (χ1) is 14.6. The van der Waals surface area contributed by atoms with E-state index in [9.17, 15) is 19.7 Å². The quantitative estimate of drug-likeness (QED) is 0.329. The Balaban J connectivity index is 2.64. The molecule has 10 nitrogen and oxygen atoms in total. The van der Waals surface area contributed by atoms with Gasteiger partial charge in [0, 0.05) is 13.1 Å². The molecule has 0 amide bonds. The summed E-state index contributed by atoms with van der Waals surface area (Å²) in [5, 5.41) is 11.0. The number of nitro benzene ring substituents is 1. The van der Waals surface area contributed by atoms with Crippen LogP contribution in [0.3, 0.4) is 0 Å². The second kappa shape index (κ2) is 10.2. The molecular formula is C20H23ClN2O8. The average Bonchev–Trinajstić information content (AvgIpc) is 2.70. The van der Waals surface area contributed by atoms with E-state index in [0.717, 1.165) is 0 Å². The topological polar surface area (TPSA) is 117 Å². The molecule has 0 fully saturated rings. The summed E-state index contributed by atoms with van der Waals surface area (Å²) in [5.41, 5.74) is 1.20. The fourth-order valence-electron chi connectivity index (χ4n) is 3.01. The molecule has 0 spiro atoms. The maximum atomic E-state index is 12.1. The highest BCUT2D eigenvalue weighted by molar-refractivity contribution is 6.32. The van der Waals surface area contributed by atoms with E-state index < -0.39 is 23.2 Å². The number of halogens is 1. The number of rotatable bonds is 6. The number of nitro groups is 1. The highest BCUT2D eigenvalue weighted by Gasteiger charge is 2.38. The van der Waals surface area contributed by atoms with Crippen LogP contribution in [0.4, 0.5) is 15.3 Å². The van der Waals surface area contributed by atoms with E-state index in [2.05, 4.69) is 0 Å². The molecule has 0 N–H and O–H groups in total. The zero-order chi connectivity index (χ0) is 23.3. The third-order valence-electron chi connectivity index (χ3n) is 4.66. The van der Waals surface area contributed by atoms with Gasteiger partial charge in [0.2, 0.25) is 0 Å². The van der Waals surface area contributed by atoms with Gasteiger partial charge in [-0.15, -0.1) is 0 Å². The van der Waals surface area contributed by atoms with E-state index in [4.69, 9.17) is 30.5 Å². The molecule has 1 aromatic rings. The molecule has 11 heteroatoms. The van der Waals surface area contributed by atoms with E-state index >= 15 is 0 Å². The van der Waals surface area contributed by atoms with Crippen LogP contribution in [-0.2, 0) is 18.9 Å². The molecule has 31 heavy (non-hydrogen) atoms. The van der Waals surface area contributed by atoms with Crippen LogP contribution in [0.2, 0.25) is 5.02 Å². The summed E-state index contributed by atoms with van der Waals surface area (Å²) >= 11 is 6.10. The standard InChI is InChI=1S/C20H23ClN2O8/c1-6-28-19(24)30-17-11(3)22(5)12(4)18(31-20(25)29-7-2)16(17)13-8-9-15(23(26)27)14(21)10-13/h8-10,16H,6-7H2,1-5H3. The summed E-state index contributed by atoms with van der Waals surface area (Å²) in [6, 6.07) is 4.04. The maximum Gasteiger partial charge on any atom is 0.513 e. The second-order valence-electron chi connectivity index (χ2n) is 6.43. The Morgan fingerprint density at radius 1 is 1.06 bits per heavy atom. The van der Waals surface area contributed by atoms with Gasteiger partial charge in [0.15, 0.2) is 0 Å². The number of hydrogen-bond donors (Lipinski definition) is 0. The molecule has 0 unspecified atom stereocenters. The Labute approximate surface area is 184 Å². The lowest BCUT2D eigenvalue weighted by molar-refractivity contribution is -0.384. The van der Waals surface area contributed by atoms with Crippen molar-refractivity contribution in [3.8, 4) is 0 Å². The SMILES string of the molecule is CCOC(=O)OC1=C(C)N(C)C(C)=C(OC(=O)OCC)C1c1ccc([N+](=O)[O-])c(Cl)c1. The molecule has 1 heterocycles. The molecule has 0 aliphatic carbocycles. The van der Waals surface area contributed by atoms with Crippen LogP contribution in [0.25, 0.3) is 0 Å². The molecule has 0 atom stereocenters. The first-order valence-electron chi connectivity index (χ1n) is 9.40. The van der Waals surface area contributed by atoms with Crippen molar-refractivity contribution in [2.45, 2.75) is 33.6 Å². The van der Waals surface area contributed by atoms with Crippen LogP contribution < -0.4 is 0 Å². The predicted molar refractivity (Wildman–Crippen MR) is 110 cm³/mol. The summed E-state index contributed by atoms with van der Waals surface area (Å²) in [7, 11) is 1.70. The summed E-state index contributed by atoms with van der Waals surface area (Å²) in [5.74, 6) is -0.671. The number of hydrogen-bond acceptors (Lipinski definition) is 9. The summed E-state index contributed by atoms with van der Waals surface area (Å²) in [6.45, 7) is 6.86. The van der Waals surface area contributed by atoms with Crippen molar-refractivity contribution >= 4 is 29.6 Å². The third kappa shape index (κ3) is 5.26. The van der Waals surface area contributed by atoms with Crippen molar-refractivity contribution in [2.75, 3.05) is 20.3 Å². The van der Waals surface area contributed by atoms with Crippen LogP contribution >= 0.6 is 11.6 Å². The van der Waals surface area contributed by atoms with Crippen molar-refractivity contribution in [2.24, 2.45) is 0 Å². The van der Waals surface area contributed by atoms with E-state index in [0.29, 0.717) is 17.0 Å². The molecule has 1 aliphatic rings. The van der Waals surface area contributed by atoms with Crippen LogP contribution in [-0.4, -0.2) is 42.4 Å². The minimum atomic E-state index is -0.946. The molecule has 2 rings (SSSR count). The summed E-state index contributed by atoms with van der Waals surface area (Å²) < 4.78 is 20.7. The normalized spacial score (nSPS) is 14.5. The minimum absolute atomic E-state index is 0.0933. The van der Waals surface area contributed by atoms with Gasteiger partial charge in [0.1, 0.15) is 22.5 Å². The molecule has 0 aromatic heterocycles. The average molecular weight is 455 g/mol. The van der Waals surface area contributed by atoms with Gasteiger partial charge in [0.25, 0.3) is 5.69 Å². The van der Waals surface area contributed by atoms with Crippen molar-refractivity contribution in [3.63, 3.8) is 0 Å². The highest BCUT2D eigenvalue weighted by atomic mass is 35.5. The van der Waals surface area contributed by atoms with Gasteiger partial charge < -0.3 is 23.8 Å². The number of benzene rings is 1. The maximum absolute atomic E-state index is 12.1. The van der Waals surface area contributed by atoms with Gasteiger partial charge in [-0.3, -0.25) is 10.1 Å². The molecule has 0 bridgehead atoms. The zero-order valence-electron chi connectivity index (χ0n) is 17.8. The summed E-state index contributed by atoms with van der Waals surface area (Å²) in [4.78, 5) is 36.4. The van der Waals surface area contributed by atoms with Crippen LogP contribution in [0.15, 0.2) is 41.1 Å². The van der Waals surface area contributed by atoms with Crippen molar-refractivity contribution < 1.29 is 33.5 Å². The second-order valence-corrected chi connectivity index (χ2v) is 6.84. The molecule has 0 radical (unpaired) electrons. The van der Waals surface area contributed by atoms with Gasteiger partial charge in [-0.2, -0.15) is 0 Å². The fraction of sp³-hybridized carbons (Fsp3) is 0.400. The largest absolute Gasteiger partial charge is 0.513 e. The number of nitrogens with zero attached hydrogens (tertiary/aromatic N) is 2. The van der Waals surface area contributed by atoms with Crippen LogP contribution in [0.5, 0.6) is 0 Å². The van der Waals surface area contributed by atoms with Crippen LogP contribution in [0, 0.1) is 10.1 Å². The van der Waals surface area contributed by atoms with Gasteiger partial charge >= 0.3 is 12.3 Å². The number of ether oxygens (including phenoxy) is 4. The van der Waals surface area contributed by atoms with E-state index in [-0.39, 0.29) is 35.4 Å². The monoisotopic (exact) mass is 454 g/mol. The van der Waals surface area contributed by atoms with Crippen molar-refractivity contribution in [1.82, 2.24) is 4.90 Å². The number of allylic oxidation sites excluding steroid dienone is 2. The van der Waals surface area contributed by atoms with E-state index in [1.54, 1.807) is 39.6 Å². The molecular weight excluding hydrogens is 432 g/mol. The first kappa shape index (κ1) is 24.0. The Morgan fingerprint density at radius 3 is 1.94 bits per heavy atom. The molecule has 0 saturated carbocycles. The van der Waals surface area contributed by atoms with Gasteiger partial charge in [0.05, 0.1) is 29.5 Å². The first-order valence-corrected chi connectivity index (χ1v) is 9.78. The Bertz CT molecular complexity index is 912. The number of carbonyl (C=O) groups is 2. The third-order valence-corrected chi connectivity index (χ3v) is 4.96. The lowest BCUT2D eigenvalue weighted by Crippen LogP contribution is -2.30. The van der Waals surface area contributed by atoms with E-state index in [1.807, 2.05) is 0 Å². The van der Waals surface area contributed by atoms with Crippen molar-refractivity contribution in [1.29, 1.82) is 0 Å². The fourth-order valence-corrected chi connectivity index (χ4v) is 3.27.